The SMILES string of the molecule is C=Nc1c(N)nc(OCCCC)nc1N(COC)CC1CCN(CCCNCc2cccc(CC(=O)OC)c2)CC1. The average Bonchev–Trinajstić information content (AvgIpc) is 2.97. The van der Waals surface area contributed by atoms with Crippen LogP contribution in [0.1, 0.15) is 50.2 Å². The predicted molar refractivity (Wildman–Crippen MR) is 163 cm³/mol. The number of nitrogens with one attached hydrogen (secondary N) is 1. The Balaban J connectivity index is 1.44. The van der Waals surface area contributed by atoms with Crippen LogP contribution in [0, 0.1) is 5.92 Å². The molecule has 0 saturated carbocycles. The first-order chi connectivity index (χ1) is 20.0. The fraction of sp³-hybridized carbons (Fsp3) is 0.600. The standard InChI is InChI=1S/C30H47N7O4/c1-5-6-17-41-30-34-28(31)27(32-2)29(35-30)37(22-39-3)21-23-11-15-36(16-12-23)14-8-13-33-20-25-10-7-9-24(18-25)19-26(38)40-4/h7,9-10,18,23,33H,2,5-6,8,11-17,19-22H2,1,3-4H3,(H2,31,34,35). The van der Waals surface area contributed by atoms with Gasteiger partial charge in [-0.25, -0.2) is 0 Å². The number of methoxy groups -OCH3 is 2. The molecule has 0 radical (unpaired) electrons. The molecule has 0 bridgehead atoms. The molecule has 1 aliphatic heterocycles. The summed E-state index contributed by atoms with van der Waals surface area (Å²) in [6.45, 7) is 12.4. The molecule has 2 aromatic rings. The van der Waals surface area contributed by atoms with E-state index in [0.29, 0.717) is 37.2 Å². The molecule has 1 fully saturated rings. The van der Waals surface area contributed by atoms with Crippen LogP contribution < -0.4 is 20.7 Å². The Morgan fingerprint density at radius 1 is 1.22 bits per heavy atom. The summed E-state index contributed by atoms with van der Waals surface area (Å²) in [5, 5.41) is 3.53. The maximum Gasteiger partial charge on any atom is 0.320 e. The molecule has 41 heavy (non-hydrogen) atoms. The lowest BCUT2D eigenvalue weighted by Crippen LogP contribution is -2.40. The molecule has 3 N–H and O–H groups in total. The van der Waals surface area contributed by atoms with Gasteiger partial charge in [0.15, 0.2) is 11.6 Å². The van der Waals surface area contributed by atoms with E-state index in [4.69, 9.17) is 19.9 Å². The lowest BCUT2D eigenvalue weighted by molar-refractivity contribution is -0.139. The third kappa shape index (κ3) is 10.6. The molecule has 1 aliphatic rings. The number of esters is 1. The van der Waals surface area contributed by atoms with Crippen LogP contribution in [0.15, 0.2) is 29.3 Å². The van der Waals surface area contributed by atoms with Gasteiger partial charge in [0.25, 0.3) is 0 Å². The normalized spacial score (nSPS) is 14.1. The van der Waals surface area contributed by atoms with Gasteiger partial charge < -0.3 is 35.1 Å². The summed E-state index contributed by atoms with van der Waals surface area (Å²) in [6.07, 6.45) is 5.52. The van der Waals surface area contributed by atoms with E-state index in [-0.39, 0.29) is 17.8 Å². The molecule has 3 rings (SSSR count). The second-order valence-corrected chi connectivity index (χ2v) is 10.5. The number of benzene rings is 1. The van der Waals surface area contributed by atoms with Gasteiger partial charge in [-0.2, -0.15) is 9.97 Å². The molecule has 2 heterocycles. The number of piperidine rings is 1. The van der Waals surface area contributed by atoms with Crippen LogP contribution in [-0.4, -0.2) is 87.8 Å². The van der Waals surface area contributed by atoms with Crippen LogP contribution in [0.2, 0.25) is 0 Å². The Bertz CT molecular complexity index is 1090. The molecule has 0 atom stereocenters. The summed E-state index contributed by atoms with van der Waals surface area (Å²) in [6, 6.07) is 8.34. The van der Waals surface area contributed by atoms with Crippen molar-refractivity contribution in [2.24, 2.45) is 10.9 Å². The van der Waals surface area contributed by atoms with E-state index >= 15 is 0 Å². The Kier molecular flexibility index (Phi) is 13.8. The summed E-state index contributed by atoms with van der Waals surface area (Å²) in [7, 11) is 3.09. The number of hydrogen-bond donors (Lipinski definition) is 2. The lowest BCUT2D eigenvalue weighted by Gasteiger charge is -2.35. The number of hydrogen-bond acceptors (Lipinski definition) is 11. The second kappa shape index (κ2) is 17.5. The maximum atomic E-state index is 11.5. The zero-order valence-corrected chi connectivity index (χ0v) is 24.9. The zero-order chi connectivity index (χ0) is 29.5. The number of likely N-dealkylation sites (tertiary alicyclic amines) is 1. The van der Waals surface area contributed by atoms with E-state index in [1.165, 1.54) is 12.7 Å². The number of nitrogen functional groups attached to an aromatic ring is 1. The van der Waals surface area contributed by atoms with Crippen molar-refractivity contribution in [3.05, 3.63) is 35.4 Å². The number of rotatable bonds is 18. The number of aromatic nitrogens is 2. The quantitative estimate of drug-likeness (QED) is 0.119. The minimum atomic E-state index is -0.218. The summed E-state index contributed by atoms with van der Waals surface area (Å²) in [4.78, 5) is 29.2. The Morgan fingerprint density at radius 2 is 2.00 bits per heavy atom. The zero-order valence-electron chi connectivity index (χ0n) is 24.9. The van der Waals surface area contributed by atoms with Crippen LogP contribution in [0.4, 0.5) is 17.3 Å². The van der Waals surface area contributed by atoms with Crippen molar-refractivity contribution in [2.75, 3.05) is 70.9 Å². The van der Waals surface area contributed by atoms with Crippen LogP contribution in [0.25, 0.3) is 0 Å². The number of carbonyl (C=O) groups excluding carboxylic acids is 1. The smallest absolute Gasteiger partial charge is 0.320 e. The maximum absolute atomic E-state index is 11.5. The van der Waals surface area contributed by atoms with Crippen LogP contribution in [0.3, 0.4) is 0 Å². The molecule has 0 spiro atoms. The fourth-order valence-corrected chi connectivity index (χ4v) is 4.99. The fourth-order valence-electron chi connectivity index (χ4n) is 4.99. The highest BCUT2D eigenvalue weighted by atomic mass is 16.5. The third-order valence-electron chi connectivity index (χ3n) is 7.25. The van der Waals surface area contributed by atoms with Crippen LogP contribution in [-0.2, 0) is 27.2 Å². The van der Waals surface area contributed by atoms with Crippen molar-refractivity contribution in [3.63, 3.8) is 0 Å². The lowest BCUT2D eigenvalue weighted by atomic mass is 9.96. The van der Waals surface area contributed by atoms with Gasteiger partial charge in [0.2, 0.25) is 0 Å². The van der Waals surface area contributed by atoms with Crippen molar-refractivity contribution in [1.82, 2.24) is 20.2 Å². The van der Waals surface area contributed by atoms with E-state index in [9.17, 15) is 4.79 Å². The number of anilines is 2. The average molecular weight is 570 g/mol. The molecule has 226 valence electrons. The summed E-state index contributed by atoms with van der Waals surface area (Å²) >= 11 is 0. The second-order valence-electron chi connectivity index (χ2n) is 10.5. The number of unbranched alkanes of at least 4 members (excludes halogenated alkanes) is 1. The van der Waals surface area contributed by atoms with Crippen molar-refractivity contribution in [1.29, 1.82) is 0 Å². The van der Waals surface area contributed by atoms with E-state index in [1.54, 1.807) is 7.11 Å². The van der Waals surface area contributed by atoms with Crippen molar-refractivity contribution < 1.29 is 19.0 Å². The van der Waals surface area contributed by atoms with Gasteiger partial charge in [0.05, 0.1) is 20.1 Å². The van der Waals surface area contributed by atoms with Gasteiger partial charge in [0, 0.05) is 20.2 Å². The molecule has 0 amide bonds. The molecular weight excluding hydrogens is 522 g/mol. The molecule has 11 heteroatoms. The number of aliphatic imine (C=N–C) groups is 1. The molecule has 1 aromatic heterocycles. The Hall–Kier alpha value is -3.28. The molecular formula is C30H47N7O4. The number of nitrogens with zero attached hydrogens (tertiary/aromatic N) is 5. The molecule has 11 nitrogen and oxygen atoms in total. The van der Waals surface area contributed by atoms with E-state index < -0.39 is 0 Å². The van der Waals surface area contributed by atoms with Crippen LogP contribution in [0.5, 0.6) is 6.01 Å². The first-order valence-corrected chi connectivity index (χ1v) is 14.6. The molecule has 1 saturated heterocycles. The van der Waals surface area contributed by atoms with Gasteiger partial charge in [-0.05, 0) is 75.6 Å². The summed E-state index contributed by atoms with van der Waals surface area (Å²) < 4.78 is 16.0. The number of ether oxygens (including phenoxy) is 3. The van der Waals surface area contributed by atoms with Gasteiger partial charge in [-0.15, -0.1) is 0 Å². The van der Waals surface area contributed by atoms with Gasteiger partial charge in [-0.3, -0.25) is 9.79 Å². The molecule has 1 aromatic carbocycles. The Morgan fingerprint density at radius 3 is 2.71 bits per heavy atom. The van der Waals surface area contributed by atoms with E-state index in [1.807, 2.05) is 12.1 Å². The highest BCUT2D eigenvalue weighted by molar-refractivity contribution is 5.75. The molecule has 0 unspecified atom stereocenters. The highest BCUT2D eigenvalue weighted by Crippen LogP contribution is 2.34. The van der Waals surface area contributed by atoms with E-state index in [0.717, 1.165) is 76.9 Å². The predicted octanol–water partition coefficient (Wildman–Crippen LogP) is 3.59. The Labute approximate surface area is 244 Å². The minimum absolute atomic E-state index is 0.218. The van der Waals surface area contributed by atoms with Crippen molar-refractivity contribution >= 4 is 30.0 Å². The molecule has 0 aliphatic carbocycles. The largest absolute Gasteiger partial charge is 0.469 e. The number of nitrogens with two attached hydrogens (primary N) is 1. The third-order valence-corrected chi connectivity index (χ3v) is 7.25. The monoisotopic (exact) mass is 569 g/mol. The first-order valence-electron chi connectivity index (χ1n) is 14.6. The first kappa shape index (κ1) is 32.2. The topological polar surface area (TPSA) is 127 Å². The minimum Gasteiger partial charge on any atom is -0.469 e. The van der Waals surface area contributed by atoms with Crippen molar-refractivity contribution in [3.8, 4) is 6.01 Å². The highest BCUT2D eigenvalue weighted by Gasteiger charge is 2.25. The van der Waals surface area contributed by atoms with Gasteiger partial charge in [-0.1, -0.05) is 37.6 Å². The number of carbonyl (C=O) groups is 1. The summed E-state index contributed by atoms with van der Waals surface area (Å²) in [5.41, 5.74) is 8.80. The van der Waals surface area contributed by atoms with E-state index in [2.05, 4.69) is 55.9 Å². The van der Waals surface area contributed by atoms with Crippen molar-refractivity contribution in [2.45, 2.75) is 52.0 Å². The van der Waals surface area contributed by atoms with Crippen LogP contribution >= 0.6 is 0 Å². The van der Waals surface area contributed by atoms with Gasteiger partial charge in [0.1, 0.15) is 12.4 Å². The summed E-state index contributed by atoms with van der Waals surface area (Å²) in [5.74, 6) is 1.14. The van der Waals surface area contributed by atoms with Gasteiger partial charge >= 0.3 is 12.0 Å².